The number of anilines is 2. The van der Waals surface area contributed by atoms with E-state index >= 15 is 0 Å². The van der Waals surface area contributed by atoms with Crippen LogP contribution in [-0.2, 0) is 4.74 Å². The van der Waals surface area contributed by atoms with Gasteiger partial charge in [-0.25, -0.2) is 4.98 Å². The van der Waals surface area contributed by atoms with Gasteiger partial charge in [0.05, 0.1) is 18.1 Å². The smallest absolute Gasteiger partial charge is 0.293 e. The zero-order valence-corrected chi connectivity index (χ0v) is 15.4. The molecule has 0 saturated carbocycles. The normalized spacial score (nSPS) is 13.6. The van der Waals surface area contributed by atoms with Gasteiger partial charge in [0, 0.05) is 30.9 Å². The van der Waals surface area contributed by atoms with Crippen LogP contribution in [0.4, 0.5) is 17.2 Å². The van der Waals surface area contributed by atoms with Crippen LogP contribution in [0.15, 0.2) is 36.5 Å². The summed E-state index contributed by atoms with van der Waals surface area (Å²) in [6, 6.07) is 7.19. The second kappa shape index (κ2) is 8.59. The first kappa shape index (κ1) is 19.5. The first-order chi connectivity index (χ1) is 13.5. The third-order valence-corrected chi connectivity index (χ3v) is 4.24. The Hall–Kier alpha value is -3.31. The molecule has 1 aromatic carbocycles. The summed E-state index contributed by atoms with van der Waals surface area (Å²) in [6.45, 7) is 2.04. The number of nitrogens with zero attached hydrogens (tertiary/aromatic N) is 3. The number of carbonyl (C=O) groups excluding carboxylic acids is 1. The van der Waals surface area contributed by atoms with Gasteiger partial charge in [-0.1, -0.05) is 0 Å². The van der Waals surface area contributed by atoms with Crippen molar-refractivity contribution < 1.29 is 19.6 Å². The number of aromatic nitrogens is 1. The molecule has 1 aliphatic heterocycles. The van der Waals surface area contributed by atoms with Crippen LogP contribution in [0.2, 0.25) is 0 Å². The highest BCUT2D eigenvalue weighted by atomic mass is 32.1. The molecule has 0 bridgehead atoms. The van der Waals surface area contributed by atoms with Gasteiger partial charge in [-0.3, -0.25) is 20.2 Å². The van der Waals surface area contributed by atoms with E-state index in [1.165, 1.54) is 30.5 Å². The third-order valence-electron chi connectivity index (χ3n) is 4.03. The van der Waals surface area contributed by atoms with Crippen molar-refractivity contribution in [3.63, 3.8) is 0 Å². The molecule has 3 N–H and O–H groups in total. The van der Waals surface area contributed by atoms with Gasteiger partial charge in [0.25, 0.3) is 11.6 Å². The first-order valence-electron chi connectivity index (χ1n) is 8.33. The van der Waals surface area contributed by atoms with Gasteiger partial charge in [-0.05, 0) is 36.5 Å². The van der Waals surface area contributed by atoms with E-state index in [2.05, 4.69) is 15.6 Å². The summed E-state index contributed by atoms with van der Waals surface area (Å²) >= 11 is 5.03. The zero-order chi connectivity index (χ0) is 20.1. The highest BCUT2D eigenvalue weighted by Gasteiger charge is 2.23. The Morgan fingerprint density at radius 3 is 2.75 bits per heavy atom. The molecule has 0 spiro atoms. The predicted molar refractivity (Wildman–Crippen MR) is 106 cm³/mol. The lowest BCUT2D eigenvalue weighted by Gasteiger charge is -2.28. The number of hydrogen-bond acceptors (Lipinski definition) is 8. The summed E-state index contributed by atoms with van der Waals surface area (Å²) in [5.74, 6) is -0.671. The summed E-state index contributed by atoms with van der Waals surface area (Å²) in [6.07, 6.45) is 1.44. The molecule has 146 valence electrons. The maximum Gasteiger partial charge on any atom is 0.293 e. The Kier molecular flexibility index (Phi) is 5.96. The fraction of sp³-hybridized carbons (Fsp3) is 0.235. The molecular formula is C17H17N5O5S. The zero-order valence-electron chi connectivity index (χ0n) is 14.6. The van der Waals surface area contributed by atoms with Gasteiger partial charge in [-0.2, -0.15) is 0 Å². The van der Waals surface area contributed by atoms with Gasteiger partial charge in [-0.15, -0.1) is 0 Å². The molecule has 28 heavy (non-hydrogen) atoms. The van der Waals surface area contributed by atoms with E-state index in [9.17, 15) is 20.0 Å². The number of hydrogen-bond donors (Lipinski definition) is 3. The van der Waals surface area contributed by atoms with Crippen molar-refractivity contribution in [2.45, 2.75) is 0 Å². The second-order valence-corrected chi connectivity index (χ2v) is 6.25. The molecule has 1 aromatic heterocycles. The number of carbonyl (C=O) groups is 1. The van der Waals surface area contributed by atoms with Gasteiger partial charge in [0.15, 0.2) is 16.7 Å². The Morgan fingerprint density at radius 1 is 1.32 bits per heavy atom. The molecule has 3 rings (SSSR count). The maximum atomic E-state index is 12.4. The van der Waals surface area contributed by atoms with Crippen molar-refractivity contribution in [3.05, 3.63) is 52.2 Å². The molecule has 1 fully saturated rings. The van der Waals surface area contributed by atoms with Crippen molar-refractivity contribution >= 4 is 40.4 Å². The second-order valence-electron chi connectivity index (χ2n) is 5.84. The number of thiocarbonyl (C=S) groups is 1. The molecule has 2 aromatic rings. The summed E-state index contributed by atoms with van der Waals surface area (Å²) in [7, 11) is 0. The van der Waals surface area contributed by atoms with E-state index in [1.807, 2.05) is 4.90 Å². The number of nitro groups is 1. The van der Waals surface area contributed by atoms with Gasteiger partial charge >= 0.3 is 0 Å². The quantitative estimate of drug-likeness (QED) is 0.396. The van der Waals surface area contributed by atoms with Crippen molar-refractivity contribution in [2.75, 3.05) is 36.5 Å². The van der Waals surface area contributed by atoms with Crippen LogP contribution in [0.5, 0.6) is 5.75 Å². The third kappa shape index (κ3) is 4.50. The van der Waals surface area contributed by atoms with E-state index < -0.39 is 10.8 Å². The molecule has 1 saturated heterocycles. The average molecular weight is 403 g/mol. The minimum atomic E-state index is -0.621. The van der Waals surface area contributed by atoms with Crippen molar-refractivity contribution in [2.24, 2.45) is 0 Å². The van der Waals surface area contributed by atoms with E-state index in [1.54, 1.807) is 6.07 Å². The monoisotopic (exact) mass is 403 g/mol. The fourth-order valence-corrected chi connectivity index (χ4v) is 2.88. The Morgan fingerprint density at radius 2 is 2.07 bits per heavy atom. The molecule has 0 aliphatic carbocycles. The van der Waals surface area contributed by atoms with E-state index in [-0.39, 0.29) is 27.9 Å². The van der Waals surface area contributed by atoms with Crippen molar-refractivity contribution in [1.29, 1.82) is 0 Å². The van der Waals surface area contributed by atoms with Gasteiger partial charge in [0.1, 0.15) is 5.69 Å². The standard InChI is InChI=1S/C17H17N5O5S/c23-14-2-1-5-18-15(14)19-17(28)20-16(24)11-3-4-12(13(10-11)22(25)26)21-6-8-27-9-7-21/h1-5,10,23H,6-9H2,(H2,18,19,20,24,28). The number of amides is 1. The lowest BCUT2D eigenvalue weighted by atomic mass is 10.1. The van der Waals surface area contributed by atoms with Crippen LogP contribution in [0, 0.1) is 10.1 Å². The Bertz CT molecular complexity index is 917. The number of pyridine rings is 1. The number of benzene rings is 1. The number of aromatic hydroxyl groups is 1. The molecule has 1 aliphatic rings. The Labute approximate surface area is 165 Å². The van der Waals surface area contributed by atoms with Crippen LogP contribution in [0.1, 0.15) is 10.4 Å². The Balaban J connectivity index is 1.74. The SMILES string of the molecule is O=C(NC(=S)Nc1ncccc1O)c1ccc(N2CCOCC2)c([N+](=O)[O-])c1. The molecule has 11 heteroatoms. The lowest BCUT2D eigenvalue weighted by Crippen LogP contribution is -2.37. The molecular weight excluding hydrogens is 386 g/mol. The minimum absolute atomic E-state index is 0.0816. The van der Waals surface area contributed by atoms with Crippen LogP contribution in [-0.4, -0.2) is 52.3 Å². The van der Waals surface area contributed by atoms with E-state index in [0.29, 0.717) is 32.0 Å². The topological polar surface area (TPSA) is 130 Å². The molecule has 2 heterocycles. The highest BCUT2D eigenvalue weighted by Crippen LogP contribution is 2.30. The number of nitrogens with one attached hydrogen (secondary N) is 2. The summed E-state index contributed by atoms with van der Waals surface area (Å²) in [5.41, 5.74) is 0.345. The molecule has 10 nitrogen and oxygen atoms in total. The highest BCUT2D eigenvalue weighted by molar-refractivity contribution is 7.80. The molecule has 0 atom stereocenters. The summed E-state index contributed by atoms with van der Waals surface area (Å²) in [4.78, 5) is 29.1. The first-order valence-corrected chi connectivity index (χ1v) is 8.74. The van der Waals surface area contributed by atoms with Crippen molar-refractivity contribution in [3.8, 4) is 5.75 Å². The van der Waals surface area contributed by atoms with Crippen LogP contribution < -0.4 is 15.5 Å². The van der Waals surface area contributed by atoms with Crippen LogP contribution >= 0.6 is 12.2 Å². The fourth-order valence-electron chi connectivity index (χ4n) is 2.69. The summed E-state index contributed by atoms with van der Waals surface area (Å²) < 4.78 is 5.26. The molecule has 0 unspecified atom stereocenters. The number of rotatable bonds is 4. The average Bonchev–Trinajstić information content (AvgIpc) is 2.70. The van der Waals surface area contributed by atoms with Crippen LogP contribution in [0.3, 0.4) is 0 Å². The largest absolute Gasteiger partial charge is 0.504 e. The predicted octanol–water partition coefficient (Wildman–Crippen LogP) is 1.66. The van der Waals surface area contributed by atoms with Gasteiger partial charge < -0.3 is 20.1 Å². The number of nitro benzene ring substituents is 1. The van der Waals surface area contributed by atoms with Gasteiger partial charge in [0.2, 0.25) is 0 Å². The van der Waals surface area contributed by atoms with Crippen LogP contribution in [0.25, 0.3) is 0 Å². The lowest BCUT2D eigenvalue weighted by molar-refractivity contribution is -0.384. The number of ether oxygens (including phenoxy) is 1. The maximum absolute atomic E-state index is 12.4. The minimum Gasteiger partial charge on any atom is -0.504 e. The molecule has 0 radical (unpaired) electrons. The molecule has 1 amide bonds. The van der Waals surface area contributed by atoms with Crippen molar-refractivity contribution in [1.82, 2.24) is 10.3 Å². The van der Waals surface area contributed by atoms with E-state index in [4.69, 9.17) is 17.0 Å². The number of morpholine rings is 1. The summed E-state index contributed by atoms with van der Waals surface area (Å²) in [5, 5.41) is 26.1. The van der Waals surface area contributed by atoms with E-state index in [0.717, 1.165) is 0 Å².